The molecule has 0 aliphatic carbocycles. The number of para-hydroxylation sites is 1. The maximum Gasteiger partial charge on any atom is 0.164 e. The molecule has 0 aliphatic heterocycles. The first kappa shape index (κ1) is 32.2. The van der Waals surface area contributed by atoms with Gasteiger partial charge in [-0.2, -0.15) is 0 Å². The summed E-state index contributed by atoms with van der Waals surface area (Å²) in [6.07, 6.45) is 0. The predicted octanol–water partition coefficient (Wildman–Crippen LogP) is 13.7. The van der Waals surface area contributed by atoms with Crippen molar-refractivity contribution in [3.63, 3.8) is 0 Å². The van der Waals surface area contributed by atoms with Crippen molar-refractivity contribution < 1.29 is 0 Å². The summed E-state index contributed by atoms with van der Waals surface area (Å²) in [5, 5.41) is 4.81. The zero-order valence-corrected chi connectivity index (χ0v) is 31.0. The van der Waals surface area contributed by atoms with E-state index in [4.69, 9.17) is 15.0 Å². The van der Waals surface area contributed by atoms with Gasteiger partial charge in [-0.3, -0.25) is 0 Å². The van der Waals surface area contributed by atoms with Crippen LogP contribution in [0.4, 0.5) is 0 Å². The first-order valence-electron chi connectivity index (χ1n) is 18.8. The van der Waals surface area contributed by atoms with Gasteiger partial charge < -0.3 is 4.57 Å². The highest BCUT2D eigenvalue weighted by Crippen LogP contribution is 2.43. The first-order chi connectivity index (χ1) is 27.8. The van der Waals surface area contributed by atoms with Gasteiger partial charge in [0.2, 0.25) is 0 Å². The van der Waals surface area contributed by atoms with Crippen LogP contribution >= 0.6 is 11.3 Å². The van der Waals surface area contributed by atoms with Crippen molar-refractivity contribution in [1.29, 1.82) is 0 Å². The Balaban J connectivity index is 1.20. The van der Waals surface area contributed by atoms with Gasteiger partial charge in [-0.05, 0) is 46.5 Å². The molecule has 0 amide bonds. The van der Waals surface area contributed by atoms with Crippen LogP contribution in [-0.2, 0) is 0 Å². The summed E-state index contributed by atoms with van der Waals surface area (Å²) in [5.41, 5.74) is 10.6. The van der Waals surface area contributed by atoms with Crippen LogP contribution in [0.2, 0.25) is 0 Å². The zero-order valence-electron chi connectivity index (χ0n) is 30.2. The fraction of sp³-hybridized carbons (Fsp3) is 0. The topological polar surface area (TPSA) is 43.6 Å². The highest BCUT2D eigenvalue weighted by Gasteiger charge is 2.22. The van der Waals surface area contributed by atoms with Gasteiger partial charge in [-0.1, -0.05) is 170 Å². The minimum atomic E-state index is 0.628. The summed E-state index contributed by atoms with van der Waals surface area (Å²) in [4.78, 5) is 16.0. The van der Waals surface area contributed by atoms with Crippen LogP contribution in [0.25, 0.3) is 104 Å². The number of rotatable bonds is 6. The maximum atomic E-state index is 5.38. The SMILES string of the molecule is c1ccc(-c2ccccc2-c2nc(-c3ccccc3-c3ccccc3)nc(-c3cccc4c3c3ccccc3n4-c3cccc4c3sc3ccccc34)n2)cc1. The molecule has 0 aliphatic rings. The molecule has 11 rings (SSSR count). The normalized spacial score (nSPS) is 11.6. The molecule has 3 aromatic heterocycles. The Hall–Kier alpha value is -7.21. The molecule has 262 valence electrons. The number of thiophene rings is 1. The van der Waals surface area contributed by atoms with Gasteiger partial charge in [-0.15, -0.1) is 11.3 Å². The van der Waals surface area contributed by atoms with Gasteiger partial charge in [-0.25, -0.2) is 15.0 Å². The van der Waals surface area contributed by atoms with E-state index < -0.39 is 0 Å². The smallest absolute Gasteiger partial charge is 0.164 e. The van der Waals surface area contributed by atoms with E-state index in [-0.39, 0.29) is 0 Å². The molecular weight excluding hydrogens is 701 g/mol. The zero-order chi connectivity index (χ0) is 37.0. The molecule has 3 heterocycles. The highest BCUT2D eigenvalue weighted by atomic mass is 32.1. The third-order valence-corrected chi connectivity index (χ3v) is 11.9. The number of hydrogen-bond acceptors (Lipinski definition) is 4. The van der Waals surface area contributed by atoms with E-state index in [1.54, 1.807) is 0 Å². The van der Waals surface area contributed by atoms with E-state index in [9.17, 15) is 0 Å². The van der Waals surface area contributed by atoms with E-state index >= 15 is 0 Å². The van der Waals surface area contributed by atoms with Gasteiger partial charge in [0.25, 0.3) is 0 Å². The molecule has 56 heavy (non-hydrogen) atoms. The molecule has 0 spiro atoms. The molecule has 4 nitrogen and oxygen atoms in total. The van der Waals surface area contributed by atoms with Crippen molar-refractivity contribution >= 4 is 53.3 Å². The third-order valence-electron chi connectivity index (χ3n) is 10.7. The molecule has 5 heteroatoms. The van der Waals surface area contributed by atoms with Gasteiger partial charge in [0.15, 0.2) is 17.5 Å². The molecule has 0 saturated heterocycles. The lowest BCUT2D eigenvalue weighted by atomic mass is 9.98. The van der Waals surface area contributed by atoms with Crippen LogP contribution in [0.3, 0.4) is 0 Å². The van der Waals surface area contributed by atoms with Gasteiger partial charge >= 0.3 is 0 Å². The van der Waals surface area contributed by atoms with Crippen molar-refractivity contribution in [1.82, 2.24) is 19.5 Å². The predicted molar refractivity (Wildman–Crippen MR) is 234 cm³/mol. The van der Waals surface area contributed by atoms with Crippen molar-refractivity contribution in [2.75, 3.05) is 0 Å². The number of fused-ring (bicyclic) bond motifs is 6. The Morgan fingerprint density at radius 1 is 0.339 bits per heavy atom. The van der Waals surface area contributed by atoms with Crippen molar-refractivity contribution in [3.05, 3.63) is 194 Å². The molecule has 0 N–H and O–H groups in total. The molecule has 11 aromatic rings. The molecule has 0 bridgehead atoms. The van der Waals surface area contributed by atoms with Gasteiger partial charge in [0.05, 0.1) is 21.4 Å². The minimum absolute atomic E-state index is 0.628. The lowest BCUT2D eigenvalue weighted by molar-refractivity contribution is 1.08. The summed E-state index contributed by atoms with van der Waals surface area (Å²) >= 11 is 1.85. The fourth-order valence-electron chi connectivity index (χ4n) is 8.21. The Kier molecular flexibility index (Phi) is 7.64. The van der Waals surface area contributed by atoms with Crippen LogP contribution in [0.1, 0.15) is 0 Å². The molecule has 8 aromatic carbocycles. The van der Waals surface area contributed by atoms with E-state index in [2.05, 4.69) is 187 Å². The third kappa shape index (κ3) is 5.24. The van der Waals surface area contributed by atoms with Crippen LogP contribution in [0, 0.1) is 0 Å². The summed E-state index contributed by atoms with van der Waals surface area (Å²) in [6, 6.07) is 68.3. The van der Waals surface area contributed by atoms with E-state index in [0.29, 0.717) is 17.5 Å². The standard InChI is InChI=1S/C51H32N4S/c1-3-17-33(18-4-1)35-21-7-9-24-39(35)49-52-50(40-25-10-8-22-36(40)34-19-5-2-6-20-34)54-51(53-49)42-28-16-30-44-47(42)41-26-11-13-29-43(41)55(44)45-31-15-27-38-37-23-12-14-32-46(37)56-48(38)45/h1-32H. The van der Waals surface area contributed by atoms with Crippen molar-refractivity contribution in [2.45, 2.75) is 0 Å². The summed E-state index contributed by atoms with van der Waals surface area (Å²) in [6.45, 7) is 0. The Morgan fingerprint density at radius 2 is 0.804 bits per heavy atom. The Bertz CT molecular complexity index is 3150. The summed E-state index contributed by atoms with van der Waals surface area (Å²) in [7, 11) is 0. The minimum Gasteiger partial charge on any atom is -0.308 e. The number of aromatic nitrogens is 4. The Morgan fingerprint density at radius 3 is 1.46 bits per heavy atom. The van der Waals surface area contributed by atoms with Crippen LogP contribution in [0.15, 0.2) is 194 Å². The quantitative estimate of drug-likeness (QED) is 0.171. The maximum absolute atomic E-state index is 5.38. The average molecular weight is 733 g/mol. The monoisotopic (exact) mass is 732 g/mol. The second-order valence-corrected chi connectivity index (χ2v) is 15.0. The van der Waals surface area contributed by atoms with Gasteiger partial charge in [0, 0.05) is 42.9 Å². The molecule has 0 atom stereocenters. The lowest BCUT2D eigenvalue weighted by Crippen LogP contribution is -2.02. The second-order valence-electron chi connectivity index (χ2n) is 13.9. The molecule has 0 radical (unpaired) electrons. The van der Waals surface area contributed by atoms with Crippen LogP contribution in [0.5, 0.6) is 0 Å². The van der Waals surface area contributed by atoms with Crippen molar-refractivity contribution in [3.8, 4) is 62.1 Å². The highest BCUT2D eigenvalue weighted by molar-refractivity contribution is 7.26. The number of hydrogen-bond donors (Lipinski definition) is 0. The summed E-state index contributed by atoms with van der Waals surface area (Å²) in [5.74, 6) is 1.88. The van der Waals surface area contributed by atoms with Crippen LogP contribution in [-0.4, -0.2) is 19.5 Å². The number of benzene rings is 8. The largest absolute Gasteiger partial charge is 0.308 e. The van der Waals surface area contributed by atoms with Crippen molar-refractivity contribution in [2.24, 2.45) is 0 Å². The lowest BCUT2D eigenvalue weighted by Gasteiger charge is -2.14. The first-order valence-corrected chi connectivity index (χ1v) is 19.6. The average Bonchev–Trinajstić information content (AvgIpc) is 3.83. The molecular formula is C51H32N4S. The van der Waals surface area contributed by atoms with E-state index in [1.807, 2.05) is 23.5 Å². The molecule has 0 unspecified atom stereocenters. The van der Waals surface area contributed by atoms with E-state index in [1.165, 1.54) is 20.2 Å². The number of nitrogens with zero attached hydrogens (tertiary/aromatic N) is 4. The van der Waals surface area contributed by atoms with Gasteiger partial charge in [0.1, 0.15) is 0 Å². The summed E-state index contributed by atoms with van der Waals surface area (Å²) < 4.78 is 4.97. The fourth-order valence-corrected chi connectivity index (χ4v) is 9.41. The van der Waals surface area contributed by atoms with Crippen LogP contribution < -0.4 is 0 Å². The molecule has 0 fully saturated rings. The van der Waals surface area contributed by atoms with E-state index in [0.717, 1.165) is 66.4 Å². The Labute approximate surface area is 327 Å². The molecule has 0 saturated carbocycles. The second kappa shape index (κ2) is 13.3.